The van der Waals surface area contributed by atoms with Gasteiger partial charge in [-0.3, -0.25) is 28.3 Å². The number of nitrogens with zero attached hydrogens (tertiary/aromatic N) is 14. The number of anilines is 1. The van der Waals surface area contributed by atoms with Crippen molar-refractivity contribution in [2.24, 2.45) is 14.1 Å². The summed E-state index contributed by atoms with van der Waals surface area (Å²) in [7, 11) is 3.28. The molecule has 0 saturated carbocycles. The van der Waals surface area contributed by atoms with Gasteiger partial charge in [0.1, 0.15) is 36.8 Å². The lowest BCUT2D eigenvalue weighted by atomic mass is 10.1. The van der Waals surface area contributed by atoms with Crippen LogP contribution in [0.3, 0.4) is 0 Å². The minimum absolute atomic E-state index is 0.0235. The molecule has 1 atom stereocenters. The van der Waals surface area contributed by atoms with E-state index in [0.717, 1.165) is 26.7 Å². The number of carbonyl (C=O) groups is 1. The molecule has 0 spiro atoms. The normalized spacial score (nSPS) is 14.5. The molecule has 2 aliphatic rings. The van der Waals surface area contributed by atoms with Gasteiger partial charge < -0.3 is 24.6 Å². The molecule has 25 heteroatoms. The third kappa shape index (κ3) is 10.2. The van der Waals surface area contributed by atoms with Crippen molar-refractivity contribution in [1.82, 2.24) is 68.4 Å². The molecule has 7 heterocycles. The van der Waals surface area contributed by atoms with Crippen LogP contribution in [0, 0.1) is 0 Å². The summed E-state index contributed by atoms with van der Waals surface area (Å²) in [6.45, 7) is -2.35. The Morgan fingerprint density at radius 2 is 1.22 bits per heavy atom. The van der Waals surface area contributed by atoms with Crippen LogP contribution in [0.2, 0.25) is 0 Å². The first-order valence-corrected chi connectivity index (χ1v) is 23.5. The van der Waals surface area contributed by atoms with E-state index in [0.29, 0.717) is 78.1 Å². The summed E-state index contributed by atoms with van der Waals surface area (Å²) < 4.78 is 72.5. The van der Waals surface area contributed by atoms with E-state index in [-0.39, 0.29) is 47.8 Å². The molecule has 2 aliphatic heterocycles. The molecule has 0 radical (unpaired) electrons. The van der Waals surface area contributed by atoms with Gasteiger partial charge >= 0.3 is 19.3 Å². The van der Waals surface area contributed by atoms with Crippen molar-refractivity contribution < 1.29 is 31.8 Å². The first-order chi connectivity index (χ1) is 35.3. The first-order valence-electron chi connectivity index (χ1n) is 22.7. The second-order valence-corrected chi connectivity index (χ2v) is 18.2. The minimum atomic E-state index is -3.00. The highest BCUT2D eigenvalue weighted by Gasteiger charge is 2.36. The molecule has 4 aromatic carbocycles. The molecule has 73 heavy (non-hydrogen) atoms. The predicted octanol–water partition coefficient (Wildman–Crippen LogP) is 5.69. The molecule has 2 saturated heterocycles. The Bertz CT molecular complexity index is 3560. The molecule has 2 fully saturated rings. The monoisotopic (exact) mass is 1070 g/mol. The zero-order valence-electron chi connectivity index (χ0n) is 39.0. The number of urea groups is 1. The smallest absolute Gasteiger partial charge is 0.387 e. The third-order valence-corrected chi connectivity index (χ3v) is 13.2. The van der Waals surface area contributed by atoms with E-state index in [9.17, 15) is 31.9 Å². The van der Waals surface area contributed by atoms with Crippen molar-refractivity contribution in [2.45, 2.75) is 45.4 Å². The molecule has 20 nitrogen and oxygen atoms in total. The second-order valence-electron chi connectivity index (χ2n) is 17.2. The Hall–Kier alpha value is -8.35. The number of fused-ring (bicyclic) bond motifs is 3. The van der Waals surface area contributed by atoms with Gasteiger partial charge in [-0.2, -0.15) is 27.8 Å². The van der Waals surface area contributed by atoms with Crippen LogP contribution >= 0.6 is 15.9 Å². The van der Waals surface area contributed by atoms with Crippen molar-refractivity contribution in [3.8, 4) is 22.6 Å². The number of aromatic nitrogens is 12. The zero-order valence-corrected chi connectivity index (χ0v) is 40.6. The van der Waals surface area contributed by atoms with E-state index >= 15 is 0 Å². The number of rotatable bonds is 14. The van der Waals surface area contributed by atoms with Gasteiger partial charge in [-0.15, -0.1) is 0 Å². The van der Waals surface area contributed by atoms with Crippen molar-refractivity contribution in [2.75, 3.05) is 31.1 Å². The van der Waals surface area contributed by atoms with E-state index in [1.807, 2.05) is 23.1 Å². The number of amides is 2. The van der Waals surface area contributed by atoms with Crippen LogP contribution < -0.4 is 30.8 Å². The number of alkyl halides is 4. The van der Waals surface area contributed by atoms with Gasteiger partial charge in [0.05, 0.1) is 54.0 Å². The minimum Gasteiger partial charge on any atom is -0.434 e. The number of piperazine rings is 1. The number of halogens is 5. The van der Waals surface area contributed by atoms with Gasteiger partial charge in [0.2, 0.25) is 5.95 Å². The van der Waals surface area contributed by atoms with E-state index in [2.05, 4.69) is 56.3 Å². The summed E-state index contributed by atoms with van der Waals surface area (Å²) in [5.41, 5.74) is 5.14. The largest absolute Gasteiger partial charge is 0.434 e. The molecule has 0 unspecified atom stereocenters. The Morgan fingerprint density at radius 1 is 0.671 bits per heavy atom. The highest BCUT2D eigenvalue weighted by Crippen LogP contribution is 2.30. The second kappa shape index (κ2) is 20.4. The molecule has 1 N–H and O–H groups in total. The number of hydrogen-bond donors (Lipinski definition) is 1. The SMILES string of the molecule is Cn1c(=O)c2ccc(-c3cnc(N4CCN5C(=O)NC[C@@H]5C4)nc3)cc2n1Cc1cc(Cn2cncn2)ccc1OC(F)F.Cn1c(=O)c2ccc(Br)cc2n1Cc1cc(Cn2cncn2)ccc1OC(F)F. The van der Waals surface area contributed by atoms with Crippen LogP contribution in [-0.2, 0) is 40.3 Å². The average Bonchev–Trinajstić information content (AvgIpc) is 4.24. The number of nitrogens with one attached hydrogen (secondary N) is 1. The zero-order chi connectivity index (χ0) is 50.9. The van der Waals surface area contributed by atoms with E-state index in [1.54, 1.807) is 100 Å². The van der Waals surface area contributed by atoms with Crippen LogP contribution in [0.25, 0.3) is 32.9 Å². The molecule has 0 bridgehead atoms. The quantitative estimate of drug-likeness (QED) is 0.131. The van der Waals surface area contributed by atoms with E-state index in [4.69, 9.17) is 9.47 Å². The Labute approximate surface area is 419 Å². The number of ether oxygens (including phenoxy) is 2. The molecule has 11 rings (SSSR count). The Kier molecular flexibility index (Phi) is 13.5. The van der Waals surface area contributed by atoms with Gasteiger partial charge in [0.25, 0.3) is 11.1 Å². The molecule has 376 valence electrons. The summed E-state index contributed by atoms with van der Waals surface area (Å²) in [5.74, 6) is 0.671. The summed E-state index contributed by atoms with van der Waals surface area (Å²) in [6.07, 6.45) is 9.46. The molecule has 9 aromatic rings. The van der Waals surface area contributed by atoms with Crippen LogP contribution in [0.15, 0.2) is 125 Å². The Balaban J connectivity index is 0.000000183. The molecule has 0 aliphatic carbocycles. The fraction of sp³-hybridized carbons (Fsp3) is 0.271. The van der Waals surface area contributed by atoms with Gasteiger partial charge in [-0.25, -0.2) is 34.1 Å². The first kappa shape index (κ1) is 48.3. The van der Waals surface area contributed by atoms with Crippen LogP contribution in [0.5, 0.6) is 11.5 Å². The van der Waals surface area contributed by atoms with Gasteiger partial charge in [-0.1, -0.05) is 34.1 Å². The standard InChI is InChI=1S/C29H28F2N10O3.C19H16BrF2N5O2/c1-37-26(42)23-4-3-19(21-10-33-28(34-11-21)38-6-7-40-22(15-38)12-35-29(40)43)9-24(23)41(37)14-20-8-18(13-39-17-32-16-36-39)2-5-25(20)44-27(30)31;1-25-18(28)15-4-3-14(20)7-16(15)27(25)9-13-6-12(8-26-11-23-10-24-26)2-5-17(13)29-19(21)22/h2-5,8-11,16-17,22,27H,6-7,12-15H2,1H3,(H,35,43);2-7,10-11,19H,8-9H2,1H3/t22-;/m1./s1. The topological polar surface area (TPSA) is 195 Å². The highest BCUT2D eigenvalue weighted by atomic mass is 79.9. The van der Waals surface area contributed by atoms with Crippen molar-refractivity contribution in [1.29, 1.82) is 0 Å². The van der Waals surface area contributed by atoms with Gasteiger partial charge in [0.15, 0.2) is 0 Å². The van der Waals surface area contributed by atoms with Gasteiger partial charge in [0, 0.05) is 73.8 Å². The number of benzene rings is 4. The summed E-state index contributed by atoms with van der Waals surface area (Å²) in [4.78, 5) is 58.6. The highest BCUT2D eigenvalue weighted by molar-refractivity contribution is 9.10. The number of hydrogen-bond acceptors (Lipinski definition) is 12. The van der Waals surface area contributed by atoms with Crippen molar-refractivity contribution >= 4 is 49.7 Å². The lowest BCUT2D eigenvalue weighted by Gasteiger charge is -2.36. The fourth-order valence-corrected chi connectivity index (χ4v) is 9.50. The van der Waals surface area contributed by atoms with Crippen molar-refractivity contribution in [3.05, 3.63) is 158 Å². The lowest BCUT2D eigenvalue weighted by molar-refractivity contribution is -0.0511. The number of carbonyl (C=O) groups excluding carboxylic acids is 1. The van der Waals surface area contributed by atoms with Crippen LogP contribution in [0.4, 0.5) is 28.3 Å². The third-order valence-electron chi connectivity index (χ3n) is 12.7. The maximum Gasteiger partial charge on any atom is 0.387 e. The molecule has 5 aromatic heterocycles. The summed E-state index contributed by atoms with van der Waals surface area (Å²) in [6, 6.07) is 20.8. The fourth-order valence-electron chi connectivity index (χ4n) is 9.15. The maximum atomic E-state index is 13.3. The predicted molar refractivity (Wildman–Crippen MR) is 262 cm³/mol. The van der Waals surface area contributed by atoms with E-state index in [1.165, 1.54) is 34.2 Å². The van der Waals surface area contributed by atoms with Crippen LogP contribution in [-0.4, -0.2) is 115 Å². The lowest BCUT2D eigenvalue weighted by Crippen LogP contribution is -2.52. The Morgan fingerprint density at radius 3 is 1.75 bits per heavy atom. The average molecular weight is 1070 g/mol. The molecular formula is C48H44BrF4N15O5. The van der Waals surface area contributed by atoms with Gasteiger partial charge in [-0.05, 0) is 71.3 Å². The summed E-state index contributed by atoms with van der Waals surface area (Å²) >= 11 is 3.41. The van der Waals surface area contributed by atoms with E-state index < -0.39 is 13.2 Å². The molecule has 2 amide bonds. The molecular weight excluding hydrogens is 1020 g/mol. The summed E-state index contributed by atoms with van der Waals surface area (Å²) in [5, 5.41) is 12.1. The maximum absolute atomic E-state index is 13.3. The van der Waals surface area contributed by atoms with Crippen LogP contribution in [0.1, 0.15) is 22.3 Å². The van der Waals surface area contributed by atoms with Crippen molar-refractivity contribution in [3.63, 3.8) is 0 Å².